The predicted molar refractivity (Wildman–Crippen MR) is 101 cm³/mol. The fourth-order valence-electron chi connectivity index (χ4n) is 2.51. The topological polar surface area (TPSA) is 64.1 Å². The maximum Gasteiger partial charge on any atom is 0.416 e. The van der Waals surface area contributed by atoms with E-state index in [2.05, 4.69) is 15.5 Å². The smallest absolute Gasteiger partial charge is 0.416 e. The Kier molecular flexibility index (Phi) is 6.11. The standard InChI is InChI=1S/C21H18F3N3O2/c1-14-2-4-15(5-3-14)18-10-11-19(27-26-18)29-13-12-25-20(28)16-6-8-17(9-7-16)21(22,23)24/h2-11H,12-13H2,1H3,(H,25,28). The highest BCUT2D eigenvalue weighted by molar-refractivity contribution is 5.94. The van der Waals surface area contributed by atoms with Gasteiger partial charge in [-0.1, -0.05) is 29.8 Å². The summed E-state index contributed by atoms with van der Waals surface area (Å²) < 4.78 is 43.0. The molecule has 1 aromatic heterocycles. The van der Waals surface area contributed by atoms with Gasteiger partial charge in [0.25, 0.3) is 5.91 Å². The average molecular weight is 401 g/mol. The van der Waals surface area contributed by atoms with Gasteiger partial charge in [-0.05, 0) is 37.3 Å². The minimum absolute atomic E-state index is 0.139. The number of hydrogen-bond acceptors (Lipinski definition) is 4. The second-order valence-corrected chi connectivity index (χ2v) is 6.30. The number of carbonyl (C=O) groups excluding carboxylic acids is 1. The molecular weight excluding hydrogens is 383 g/mol. The second-order valence-electron chi connectivity index (χ2n) is 6.30. The van der Waals surface area contributed by atoms with Crippen LogP contribution in [0.25, 0.3) is 11.3 Å². The van der Waals surface area contributed by atoms with E-state index in [0.717, 1.165) is 35.4 Å². The molecule has 0 atom stereocenters. The number of carbonyl (C=O) groups is 1. The molecule has 8 heteroatoms. The summed E-state index contributed by atoms with van der Waals surface area (Å²) in [6.07, 6.45) is -4.43. The van der Waals surface area contributed by atoms with Gasteiger partial charge in [-0.15, -0.1) is 10.2 Å². The Morgan fingerprint density at radius 2 is 1.66 bits per heavy atom. The maximum absolute atomic E-state index is 12.5. The van der Waals surface area contributed by atoms with E-state index >= 15 is 0 Å². The van der Waals surface area contributed by atoms with Crippen LogP contribution in [0.5, 0.6) is 5.88 Å². The van der Waals surface area contributed by atoms with Gasteiger partial charge >= 0.3 is 6.18 Å². The van der Waals surface area contributed by atoms with Crippen molar-refractivity contribution in [2.75, 3.05) is 13.2 Å². The number of nitrogens with one attached hydrogen (secondary N) is 1. The summed E-state index contributed by atoms with van der Waals surface area (Å²) in [5, 5.41) is 10.7. The van der Waals surface area contributed by atoms with Crippen molar-refractivity contribution in [3.05, 3.63) is 77.4 Å². The summed E-state index contributed by atoms with van der Waals surface area (Å²) in [6, 6.07) is 15.4. The van der Waals surface area contributed by atoms with Crippen LogP contribution in [0.1, 0.15) is 21.5 Å². The summed E-state index contributed by atoms with van der Waals surface area (Å²) in [7, 11) is 0. The van der Waals surface area contributed by atoms with E-state index in [9.17, 15) is 18.0 Å². The van der Waals surface area contributed by atoms with Crippen LogP contribution >= 0.6 is 0 Å². The molecule has 0 radical (unpaired) electrons. The minimum atomic E-state index is -4.43. The first-order chi connectivity index (χ1) is 13.8. The van der Waals surface area contributed by atoms with Crippen molar-refractivity contribution in [2.24, 2.45) is 0 Å². The highest BCUT2D eigenvalue weighted by Gasteiger charge is 2.30. The number of alkyl halides is 3. The lowest BCUT2D eigenvalue weighted by Crippen LogP contribution is -2.28. The van der Waals surface area contributed by atoms with Gasteiger partial charge in [-0.3, -0.25) is 4.79 Å². The Labute approximate surface area is 165 Å². The zero-order chi connectivity index (χ0) is 20.9. The van der Waals surface area contributed by atoms with Gasteiger partial charge in [0.1, 0.15) is 6.61 Å². The molecule has 2 aromatic carbocycles. The van der Waals surface area contributed by atoms with Crippen LogP contribution in [-0.2, 0) is 6.18 Å². The monoisotopic (exact) mass is 401 g/mol. The number of halogens is 3. The van der Waals surface area contributed by atoms with Crippen LogP contribution in [0.2, 0.25) is 0 Å². The second kappa shape index (κ2) is 8.72. The first-order valence-corrected chi connectivity index (χ1v) is 8.82. The third-order valence-electron chi connectivity index (χ3n) is 4.10. The van der Waals surface area contributed by atoms with Crippen LogP contribution in [0, 0.1) is 6.92 Å². The van der Waals surface area contributed by atoms with Gasteiger partial charge in [-0.25, -0.2) is 0 Å². The van der Waals surface area contributed by atoms with Gasteiger partial charge in [0.05, 0.1) is 17.8 Å². The van der Waals surface area contributed by atoms with Crippen molar-refractivity contribution in [1.82, 2.24) is 15.5 Å². The van der Waals surface area contributed by atoms with Crippen molar-refractivity contribution in [3.8, 4) is 17.1 Å². The van der Waals surface area contributed by atoms with Gasteiger partial charge in [0.15, 0.2) is 0 Å². The van der Waals surface area contributed by atoms with Crippen molar-refractivity contribution < 1.29 is 22.7 Å². The Morgan fingerprint density at radius 1 is 0.966 bits per heavy atom. The molecule has 3 rings (SSSR count). The van der Waals surface area contributed by atoms with Crippen molar-refractivity contribution in [3.63, 3.8) is 0 Å². The highest BCUT2D eigenvalue weighted by atomic mass is 19.4. The van der Waals surface area contributed by atoms with Crippen LogP contribution in [0.15, 0.2) is 60.7 Å². The maximum atomic E-state index is 12.5. The first kappa shape index (κ1) is 20.3. The zero-order valence-corrected chi connectivity index (χ0v) is 15.5. The molecule has 1 heterocycles. The summed E-state index contributed by atoms with van der Waals surface area (Å²) in [5.41, 5.74) is 2.15. The molecule has 3 aromatic rings. The first-order valence-electron chi connectivity index (χ1n) is 8.82. The van der Waals surface area contributed by atoms with E-state index in [1.165, 1.54) is 0 Å². The fourth-order valence-corrected chi connectivity index (χ4v) is 2.51. The Hall–Kier alpha value is -3.42. The van der Waals surface area contributed by atoms with Crippen LogP contribution < -0.4 is 10.1 Å². The van der Waals surface area contributed by atoms with Gasteiger partial charge in [-0.2, -0.15) is 13.2 Å². The molecule has 0 unspecified atom stereocenters. The minimum Gasteiger partial charge on any atom is -0.475 e. The molecule has 0 spiro atoms. The number of aromatic nitrogens is 2. The lowest BCUT2D eigenvalue weighted by Gasteiger charge is -2.09. The largest absolute Gasteiger partial charge is 0.475 e. The van der Waals surface area contributed by atoms with Crippen LogP contribution in [0.4, 0.5) is 13.2 Å². The third-order valence-corrected chi connectivity index (χ3v) is 4.10. The molecule has 150 valence electrons. The van der Waals surface area contributed by atoms with Crippen molar-refractivity contribution >= 4 is 5.91 Å². The van der Waals surface area contributed by atoms with E-state index in [-0.39, 0.29) is 18.7 Å². The molecule has 0 aliphatic carbocycles. The molecule has 5 nitrogen and oxygen atoms in total. The van der Waals surface area contributed by atoms with Gasteiger partial charge < -0.3 is 10.1 Å². The molecule has 0 saturated carbocycles. The molecule has 0 bridgehead atoms. The van der Waals surface area contributed by atoms with Crippen LogP contribution in [-0.4, -0.2) is 29.3 Å². The molecule has 0 fully saturated rings. The van der Waals surface area contributed by atoms with Crippen molar-refractivity contribution in [2.45, 2.75) is 13.1 Å². The lowest BCUT2D eigenvalue weighted by atomic mass is 10.1. The summed E-state index contributed by atoms with van der Waals surface area (Å²) in [5.74, 6) is -0.173. The lowest BCUT2D eigenvalue weighted by molar-refractivity contribution is -0.137. The summed E-state index contributed by atoms with van der Waals surface area (Å²) in [4.78, 5) is 12.0. The number of amides is 1. The molecule has 0 aliphatic rings. The average Bonchev–Trinajstić information content (AvgIpc) is 2.71. The Balaban J connectivity index is 1.46. The normalized spacial score (nSPS) is 11.2. The van der Waals surface area contributed by atoms with E-state index < -0.39 is 17.6 Å². The zero-order valence-electron chi connectivity index (χ0n) is 15.5. The van der Waals surface area contributed by atoms with Gasteiger partial charge in [0, 0.05) is 17.2 Å². The highest BCUT2D eigenvalue weighted by Crippen LogP contribution is 2.29. The summed E-state index contributed by atoms with van der Waals surface area (Å²) in [6.45, 7) is 2.31. The SMILES string of the molecule is Cc1ccc(-c2ccc(OCCNC(=O)c3ccc(C(F)(F)F)cc3)nn2)cc1. The number of rotatable bonds is 6. The number of aryl methyl sites for hydroxylation is 1. The molecule has 0 aliphatic heterocycles. The van der Waals surface area contributed by atoms with E-state index in [4.69, 9.17) is 4.74 Å². The van der Waals surface area contributed by atoms with Gasteiger partial charge in [0.2, 0.25) is 5.88 Å². The third kappa shape index (κ3) is 5.54. The van der Waals surface area contributed by atoms with Crippen molar-refractivity contribution in [1.29, 1.82) is 0 Å². The van der Waals surface area contributed by atoms with Crippen LogP contribution in [0.3, 0.4) is 0 Å². The molecule has 0 saturated heterocycles. The van der Waals surface area contributed by atoms with E-state index in [1.807, 2.05) is 31.2 Å². The quantitative estimate of drug-likeness (QED) is 0.627. The van der Waals surface area contributed by atoms with E-state index in [1.54, 1.807) is 12.1 Å². The molecule has 1 N–H and O–H groups in total. The fraction of sp³-hybridized carbons (Fsp3) is 0.190. The molecule has 1 amide bonds. The van der Waals surface area contributed by atoms with E-state index in [0.29, 0.717) is 11.6 Å². The Bertz CT molecular complexity index is 954. The predicted octanol–water partition coefficient (Wildman–Crippen LogP) is 4.28. The molecular formula is C21H18F3N3O2. The number of hydrogen-bond donors (Lipinski definition) is 1. The number of ether oxygens (including phenoxy) is 1. The number of benzene rings is 2. The molecule has 29 heavy (non-hydrogen) atoms. The summed E-state index contributed by atoms with van der Waals surface area (Å²) >= 11 is 0. The Morgan fingerprint density at radius 3 is 2.24 bits per heavy atom. The number of nitrogens with zero attached hydrogens (tertiary/aromatic N) is 2.